The third kappa shape index (κ3) is 2.48. The summed E-state index contributed by atoms with van der Waals surface area (Å²) in [6.07, 6.45) is 1.40. The number of hydrogen-bond acceptors (Lipinski definition) is 3. The molecule has 18 heavy (non-hydrogen) atoms. The Morgan fingerprint density at radius 3 is 2.28 bits per heavy atom. The van der Waals surface area contributed by atoms with Crippen LogP contribution in [-0.2, 0) is 0 Å². The molecule has 0 radical (unpaired) electrons. The average molecular weight is 242 g/mol. The van der Waals surface area contributed by atoms with Crippen molar-refractivity contribution in [3.63, 3.8) is 0 Å². The van der Waals surface area contributed by atoms with E-state index in [4.69, 9.17) is 5.11 Å². The molecule has 0 saturated carbocycles. The van der Waals surface area contributed by atoms with E-state index < -0.39 is 0 Å². The minimum Gasteiger partial charge on any atom is -0.506 e. The van der Waals surface area contributed by atoms with Gasteiger partial charge in [-0.15, -0.1) is 0 Å². The molecule has 0 atom stereocenters. The van der Waals surface area contributed by atoms with Crippen LogP contribution in [0.2, 0.25) is 0 Å². The number of nitrogens with zero attached hydrogens (tertiary/aromatic N) is 2. The van der Waals surface area contributed by atoms with Gasteiger partial charge in [0.1, 0.15) is 5.75 Å². The summed E-state index contributed by atoms with van der Waals surface area (Å²) in [6.45, 7) is 0. The van der Waals surface area contributed by atoms with Gasteiger partial charge in [-0.2, -0.15) is 0 Å². The van der Waals surface area contributed by atoms with E-state index in [0.717, 1.165) is 11.3 Å². The van der Waals surface area contributed by atoms with Crippen LogP contribution >= 0.6 is 0 Å². The molecular weight excluding hydrogens is 228 g/mol. The fourth-order valence-corrected chi connectivity index (χ4v) is 1.60. The van der Waals surface area contributed by atoms with Crippen molar-refractivity contribution in [2.24, 2.45) is 0 Å². The zero-order valence-corrected chi connectivity index (χ0v) is 10.3. The van der Waals surface area contributed by atoms with Crippen molar-refractivity contribution in [1.29, 1.82) is 0 Å². The van der Waals surface area contributed by atoms with E-state index in [2.05, 4.69) is 4.98 Å². The molecule has 2 rings (SSSR count). The highest BCUT2D eigenvalue weighted by Crippen LogP contribution is 2.19. The summed E-state index contributed by atoms with van der Waals surface area (Å²) in [5.74, 6) is 0.110. The summed E-state index contributed by atoms with van der Waals surface area (Å²) >= 11 is 0. The Labute approximate surface area is 106 Å². The van der Waals surface area contributed by atoms with Gasteiger partial charge in [-0.1, -0.05) is 12.1 Å². The minimum absolute atomic E-state index is 0.0276. The third-order valence-corrected chi connectivity index (χ3v) is 2.58. The van der Waals surface area contributed by atoms with Gasteiger partial charge in [-0.3, -0.25) is 9.78 Å². The molecule has 92 valence electrons. The quantitative estimate of drug-likeness (QED) is 0.878. The molecule has 1 aromatic heterocycles. The van der Waals surface area contributed by atoms with Crippen molar-refractivity contribution in [3.05, 3.63) is 48.2 Å². The van der Waals surface area contributed by atoms with E-state index in [1.54, 1.807) is 38.4 Å². The molecule has 0 aliphatic carbocycles. The van der Waals surface area contributed by atoms with E-state index in [1.165, 1.54) is 11.1 Å². The molecule has 1 amide bonds. The molecule has 0 fully saturated rings. The van der Waals surface area contributed by atoms with Crippen molar-refractivity contribution in [3.8, 4) is 17.0 Å². The molecule has 0 saturated heterocycles. The van der Waals surface area contributed by atoms with Gasteiger partial charge < -0.3 is 10.0 Å². The van der Waals surface area contributed by atoms with Crippen molar-refractivity contribution in [1.82, 2.24) is 9.88 Å². The Balaban J connectivity index is 2.27. The first kappa shape index (κ1) is 12.1. The lowest BCUT2D eigenvalue weighted by atomic mass is 10.1. The van der Waals surface area contributed by atoms with Gasteiger partial charge in [0.15, 0.2) is 0 Å². The van der Waals surface area contributed by atoms with Crippen LogP contribution in [0.15, 0.2) is 42.6 Å². The summed E-state index contributed by atoms with van der Waals surface area (Å²) in [6, 6.07) is 10.5. The first-order valence-electron chi connectivity index (χ1n) is 5.55. The number of rotatable bonds is 2. The van der Waals surface area contributed by atoms with E-state index in [1.807, 2.05) is 12.1 Å². The second-order valence-corrected chi connectivity index (χ2v) is 4.18. The fraction of sp³-hybridized carbons (Fsp3) is 0.143. The van der Waals surface area contributed by atoms with Crippen molar-refractivity contribution >= 4 is 5.91 Å². The Morgan fingerprint density at radius 1 is 1.11 bits per heavy atom. The highest BCUT2D eigenvalue weighted by Gasteiger charge is 2.07. The second-order valence-electron chi connectivity index (χ2n) is 4.18. The van der Waals surface area contributed by atoms with Crippen LogP contribution in [0.3, 0.4) is 0 Å². The number of aromatic hydroxyl groups is 1. The number of pyridine rings is 1. The van der Waals surface area contributed by atoms with Gasteiger partial charge in [0.2, 0.25) is 0 Å². The number of amides is 1. The van der Waals surface area contributed by atoms with Crippen LogP contribution < -0.4 is 0 Å². The predicted molar refractivity (Wildman–Crippen MR) is 69.4 cm³/mol. The maximum atomic E-state index is 11.7. The molecule has 0 aliphatic rings. The summed E-state index contributed by atoms with van der Waals surface area (Å²) in [5.41, 5.74) is 2.31. The van der Waals surface area contributed by atoms with Crippen LogP contribution in [-0.4, -0.2) is 35.0 Å². The topological polar surface area (TPSA) is 53.4 Å². The largest absolute Gasteiger partial charge is 0.506 e. The van der Waals surface area contributed by atoms with E-state index in [-0.39, 0.29) is 11.7 Å². The molecule has 4 heteroatoms. The van der Waals surface area contributed by atoms with E-state index >= 15 is 0 Å². The maximum Gasteiger partial charge on any atom is 0.253 e. The Hall–Kier alpha value is -2.36. The predicted octanol–water partition coefficient (Wildman–Crippen LogP) is 2.16. The molecule has 1 aromatic carbocycles. The minimum atomic E-state index is -0.0276. The van der Waals surface area contributed by atoms with Gasteiger partial charge in [0, 0.05) is 25.2 Å². The highest BCUT2D eigenvalue weighted by atomic mass is 16.3. The molecule has 1 heterocycles. The van der Waals surface area contributed by atoms with E-state index in [9.17, 15) is 4.79 Å². The number of benzene rings is 1. The zero-order valence-electron chi connectivity index (χ0n) is 10.3. The molecule has 0 bridgehead atoms. The van der Waals surface area contributed by atoms with Gasteiger partial charge in [-0.25, -0.2) is 0 Å². The van der Waals surface area contributed by atoms with E-state index in [0.29, 0.717) is 5.56 Å². The molecule has 1 N–H and O–H groups in total. The smallest absolute Gasteiger partial charge is 0.253 e. The van der Waals surface area contributed by atoms with Crippen molar-refractivity contribution in [2.45, 2.75) is 0 Å². The fourth-order valence-electron chi connectivity index (χ4n) is 1.60. The molecular formula is C14H14N2O2. The van der Waals surface area contributed by atoms with Gasteiger partial charge in [0.05, 0.1) is 11.9 Å². The normalized spacial score (nSPS) is 10.1. The summed E-state index contributed by atoms with van der Waals surface area (Å²) in [5, 5.41) is 9.17. The number of hydrogen-bond donors (Lipinski definition) is 1. The van der Waals surface area contributed by atoms with Crippen LogP contribution in [0, 0.1) is 0 Å². The average Bonchev–Trinajstić information content (AvgIpc) is 2.39. The van der Waals surface area contributed by atoms with Crippen LogP contribution in [0.5, 0.6) is 5.75 Å². The molecule has 0 aliphatic heterocycles. The second kappa shape index (κ2) is 4.87. The lowest BCUT2D eigenvalue weighted by molar-refractivity contribution is 0.0827. The van der Waals surface area contributed by atoms with Crippen molar-refractivity contribution in [2.75, 3.05) is 14.1 Å². The lowest BCUT2D eigenvalue weighted by Gasteiger charge is -2.10. The first-order valence-corrected chi connectivity index (χ1v) is 5.55. The number of carbonyl (C=O) groups excluding carboxylic acids is 1. The molecule has 2 aromatic rings. The summed E-state index contributed by atoms with van der Waals surface area (Å²) < 4.78 is 0. The molecule has 0 spiro atoms. The standard InChI is InChI=1S/C14H14N2O2/c1-16(2)14(18)11-5-3-10(4-6-11)13-8-7-12(17)9-15-13/h3-9,17H,1-2H3. The van der Waals surface area contributed by atoms with Crippen LogP contribution in [0.1, 0.15) is 10.4 Å². The Kier molecular flexibility index (Phi) is 3.28. The van der Waals surface area contributed by atoms with Crippen LogP contribution in [0.4, 0.5) is 0 Å². The third-order valence-electron chi connectivity index (χ3n) is 2.58. The summed E-state index contributed by atoms with van der Waals surface area (Å²) in [7, 11) is 3.44. The monoisotopic (exact) mass is 242 g/mol. The zero-order chi connectivity index (χ0) is 13.1. The maximum absolute atomic E-state index is 11.7. The Morgan fingerprint density at radius 2 is 1.78 bits per heavy atom. The lowest BCUT2D eigenvalue weighted by Crippen LogP contribution is -2.21. The molecule has 4 nitrogen and oxygen atoms in total. The first-order chi connectivity index (χ1) is 8.58. The SMILES string of the molecule is CN(C)C(=O)c1ccc(-c2ccc(O)cn2)cc1. The van der Waals surface area contributed by atoms with Gasteiger partial charge in [-0.05, 0) is 24.3 Å². The number of aromatic nitrogens is 1. The number of carbonyl (C=O) groups is 1. The van der Waals surface area contributed by atoms with Crippen LogP contribution in [0.25, 0.3) is 11.3 Å². The van der Waals surface area contributed by atoms with Gasteiger partial charge in [0.25, 0.3) is 5.91 Å². The van der Waals surface area contributed by atoms with Gasteiger partial charge >= 0.3 is 0 Å². The Bertz CT molecular complexity index is 545. The summed E-state index contributed by atoms with van der Waals surface area (Å²) in [4.78, 5) is 17.4. The highest BCUT2D eigenvalue weighted by molar-refractivity contribution is 5.94. The van der Waals surface area contributed by atoms with Crippen molar-refractivity contribution < 1.29 is 9.90 Å². The molecule has 0 unspecified atom stereocenters.